The van der Waals surface area contributed by atoms with Crippen LogP contribution in [0.2, 0.25) is 0 Å². The number of fused-ring (bicyclic) bond motifs is 1. The number of rotatable bonds is 2. The third-order valence-electron chi connectivity index (χ3n) is 3.60. The average Bonchev–Trinajstić information content (AvgIpc) is 2.90. The molecule has 114 valence electrons. The maximum absolute atomic E-state index is 12.4. The zero-order chi connectivity index (χ0) is 15.0. The molecule has 0 saturated carbocycles. The molecule has 1 aromatic carbocycles. The minimum Gasteiger partial charge on any atom is -0.371 e. The molecule has 0 radical (unpaired) electrons. The van der Waals surface area contributed by atoms with Gasteiger partial charge in [-0.3, -0.25) is 0 Å². The lowest BCUT2D eigenvalue weighted by atomic mass is 10.2. The Morgan fingerprint density at radius 1 is 1.24 bits per heavy atom. The quantitative estimate of drug-likeness (QED) is 0.873. The second-order valence-electron chi connectivity index (χ2n) is 5.68. The summed E-state index contributed by atoms with van der Waals surface area (Å²) in [6.45, 7) is 5.77. The van der Waals surface area contributed by atoms with Crippen molar-refractivity contribution in [2.24, 2.45) is 4.99 Å². The standard InChI is InChI=1S/C14H20N4O2S/c1-10(2)15-14-16-12-6-5-11(18-7-3-4-8-18)9-13(12)21(19,20)17-14/h5-6,9-10H,3-4,7-8H2,1-2H3,(H2,15,16,17). The number of guanidine groups is 1. The molecular formula is C14H20N4O2S. The predicted molar refractivity (Wildman–Crippen MR) is 84.4 cm³/mol. The van der Waals surface area contributed by atoms with Crippen LogP contribution in [0.15, 0.2) is 28.1 Å². The number of aliphatic imine (C=N–C) groups is 1. The molecule has 1 aromatic rings. The van der Waals surface area contributed by atoms with Crippen molar-refractivity contribution >= 4 is 27.4 Å². The van der Waals surface area contributed by atoms with Crippen molar-refractivity contribution in [1.29, 1.82) is 0 Å². The van der Waals surface area contributed by atoms with Gasteiger partial charge in [0.05, 0.1) is 5.69 Å². The van der Waals surface area contributed by atoms with Crippen LogP contribution >= 0.6 is 0 Å². The van der Waals surface area contributed by atoms with E-state index in [9.17, 15) is 8.42 Å². The van der Waals surface area contributed by atoms with E-state index in [1.165, 1.54) is 0 Å². The molecular weight excluding hydrogens is 288 g/mol. The lowest BCUT2D eigenvalue weighted by Crippen LogP contribution is -2.41. The first-order valence-corrected chi connectivity index (χ1v) is 8.71. The van der Waals surface area contributed by atoms with E-state index in [-0.39, 0.29) is 16.9 Å². The van der Waals surface area contributed by atoms with Crippen LogP contribution < -0.4 is 14.9 Å². The third kappa shape index (κ3) is 2.83. The zero-order valence-electron chi connectivity index (χ0n) is 12.3. The van der Waals surface area contributed by atoms with Gasteiger partial charge in [0.25, 0.3) is 10.0 Å². The maximum Gasteiger partial charge on any atom is 0.266 e. The molecule has 0 aliphatic carbocycles. The van der Waals surface area contributed by atoms with Gasteiger partial charge < -0.3 is 10.2 Å². The number of nitrogens with one attached hydrogen (secondary N) is 2. The average molecular weight is 308 g/mol. The van der Waals surface area contributed by atoms with Crippen molar-refractivity contribution in [3.63, 3.8) is 0 Å². The predicted octanol–water partition coefficient (Wildman–Crippen LogP) is 1.75. The van der Waals surface area contributed by atoms with Crippen molar-refractivity contribution in [2.45, 2.75) is 37.6 Å². The molecule has 0 unspecified atom stereocenters. The molecule has 7 heteroatoms. The van der Waals surface area contributed by atoms with Gasteiger partial charge in [-0.2, -0.15) is 0 Å². The Hall–Kier alpha value is -1.76. The summed E-state index contributed by atoms with van der Waals surface area (Å²) in [7, 11) is -3.56. The Bertz CT molecular complexity index is 676. The molecule has 0 amide bonds. The van der Waals surface area contributed by atoms with Crippen LogP contribution in [0.25, 0.3) is 0 Å². The number of benzene rings is 1. The summed E-state index contributed by atoms with van der Waals surface area (Å²) in [4.78, 5) is 6.74. The molecule has 2 heterocycles. The molecule has 1 fully saturated rings. The van der Waals surface area contributed by atoms with E-state index in [0.717, 1.165) is 31.6 Å². The van der Waals surface area contributed by atoms with Gasteiger partial charge in [-0.1, -0.05) is 0 Å². The summed E-state index contributed by atoms with van der Waals surface area (Å²) in [5.41, 5.74) is 1.54. The molecule has 21 heavy (non-hydrogen) atoms. The third-order valence-corrected chi connectivity index (χ3v) is 4.98. The normalized spacial score (nSPS) is 22.0. The van der Waals surface area contributed by atoms with E-state index >= 15 is 0 Å². The van der Waals surface area contributed by atoms with Crippen LogP contribution in [0.5, 0.6) is 0 Å². The Morgan fingerprint density at radius 2 is 1.95 bits per heavy atom. The fraction of sp³-hybridized carbons (Fsp3) is 0.500. The van der Waals surface area contributed by atoms with Crippen molar-refractivity contribution in [1.82, 2.24) is 4.72 Å². The number of sulfonamides is 1. The molecule has 2 aliphatic heterocycles. The first-order chi connectivity index (χ1) is 9.95. The Labute approximate surface area is 125 Å². The topological polar surface area (TPSA) is 73.8 Å². The Balaban J connectivity index is 1.99. The molecule has 1 saturated heterocycles. The summed E-state index contributed by atoms with van der Waals surface area (Å²) in [5, 5.41) is 3.04. The summed E-state index contributed by atoms with van der Waals surface area (Å²) in [5.74, 6) is 0.284. The maximum atomic E-state index is 12.4. The molecule has 2 aliphatic rings. The van der Waals surface area contributed by atoms with E-state index in [0.29, 0.717) is 5.69 Å². The number of anilines is 2. The molecule has 0 aromatic heterocycles. The van der Waals surface area contributed by atoms with Crippen LogP contribution in [-0.2, 0) is 10.0 Å². The van der Waals surface area contributed by atoms with Gasteiger partial charge in [0.15, 0.2) is 0 Å². The Morgan fingerprint density at radius 3 is 2.62 bits per heavy atom. The van der Waals surface area contributed by atoms with E-state index in [1.54, 1.807) is 6.07 Å². The van der Waals surface area contributed by atoms with Gasteiger partial charge >= 0.3 is 0 Å². The van der Waals surface area contributed by atoms with Crippen molar-refractivity contribution in [3.05, 3.63) is 18.2 Å². The molecule has 0 atom stereocenters. The van der Waals surface area contributed by atoms with Crippen LogP contribution in [0.1, 0.15) is 26.7 Å². The van der Waals surface area contributed by atoms with Crippen molar-refractivity contribution in [2.75, 3.05) is 23.3 Å². The summed E-state index contributed by atoms with van der Waals surface area (Å²) >= 11 is 0. The van der Waals surface area contributed by atoms with Crippen LogP contribution in [0.3, 0.4) is 0 Å². The van der Waals surface area contributed by atoms with Crippen molar-refractivity contribution < 1.29 is 8.42 Å². The van der Waals surface area contributed by atoms with Crippen LogP contribution in [0.4, 0.5) is 11.4 Å². The summed E-state index contributed by atoms with van der Waals surface area (Å²) < 4.78 is 27.3. The van der Waals surface area contributed by atoms with Crippen LogP contribution in [0, 0.1) is 0 Å². The summed E-state index contributed by atoms with van der Waals surface area (Å²) in [6.07, 6.45) is 2.32. The number of hydrogen-bond donors (Lipinski definition) is 2. The Kier molecular flexibility index (Phi) is 3.52. The SMILES string of the molecule is CC(C)N=C1Nc2ccc(N3CCCC3)cc2S(=O)(=O)N1. The highest BCUT2D eigenvalue weighted by molar-refractivity contribution is 7.90. The fourth-order valence-corrected chi connectivity index (χ4v) is 3.81. The molecule has 0 spiro atoms. The second kappa shape index (κ2) is 5.22. The second-order valence-corrected chi connectivity index (χ2v) is 7.33. The van der Waals surface area contributed by atoms with E-state index in [1.807, 2.05) is 26.0 Å². The van der Waals surface area contributed by atoms with Gasteiger partial charge in [-0.15, -0.1) is 0 Å². The monoisotopic (exact) mass is 308 g/mol. The number of nitrogens with zero attached hydrogens (tertiary/aromatic N) is 2. The minimum absolute atomic E-state index is 0.0145. The van der Waals surface area contributed by atoms with E-state index in [4.69, 9.17) is 0 Å². The van der Waals surface area contributed by atoms with Crippen LogP contribution in [-0.4, -0.2) is 33.5 Å². The first kappa shape index (κ1) is 14.2. The first-order valence-electron chi connectivity index (χ1n) is 7.22. The van der Waals surface area contributed by atoms with E-state index < -0.39 is 10.0 Å². The molecule has 0 bridgehead atoms. The molecule has 2 N–H and O–H groups in total. The molecule has 6 nitrogen and oxygen atoms in total. The largest absolute Gasteiger partial charge is 0.371 e. The highest BCUT2D eigenvalue weighted by Gasteiger charge is 2.28. The highest BCUT2D eigenvalue weighted by atomic mass is 32.2. The van der Waals surface area contributed by atoms with Gasteiger partial charge in [-0.05, 0) is 44.9 Å². The summed E-state index contributed by atoms with van der Waals surface area (Å²) in [6, 6.07) is 5.53. The van der Waals surface area contributed by atoms with Crippen molar-refractivity contribution in [3.8, 4) is 0 Å². The van der Waals surface area contributed by atoms with Gasteiger partial charge in [0.2, 0.25) is 5.96 Å². The van der Waals surface area contributed by atoms with Gasteiger partial charge in [-0.25, -0.2) is 18.1 Å². The highest BCUT2D eigenvalue weighted by Crippen LogP contribution is 2.30. The lowest BCUT2D eigenvalue weighted by molar-refractivity contribution is 0.591. The zero-order valence-corrected chi connectivity index (χ0v) is 13.1. The smallest absolute Gasteiger partial charge is 0.266 e. The van der Waals surface area contributed by atoms with E-state index in [2.05, 4.69) is 19.9 Å². The lowest BCUT2D eigenvalue weighted by Gasteiger charge is -2.25. The molecule has 3 rings (SSSR count). The van der Waals surface area contributed by atoms with Gasteiger partial charge in [0, 0.05) is 24.8 Å². The minimum atomic E-state index is -3.56. The number of hydrogen-bond acceptors (Lipinski definition) is 4. The fourth-order valence-electron chi connectivity index (χ4n) is 2.66. The van der Waals surface area contributed by atoms with Gasteiger partial charge in [0.1, 0.15) is 4.90 Å².